The Kier molecular flexibility index (Phi) is 5.29. The predicted octanol–water partition coefficient (Wildman–Crippen LogP) is 2.90. The lowest BCUT2D eigenvalue weighted by Gasteiger charge is -2.19. The minimum absolute atomic E-state index is 0.00385. The van der Waals surface area contributed by atoms with E-state index in [1.54, 1.807) is 0 Å². The number of carbonyl (C=O) groups is 3. The van der Waals surface area contributed by atoms with E-state index in [4.69, 9.17) is 9.84 Å². The maximum atomic E-state index is 12.5. The average Bonchev–Trinajstić information content (AvgIpc) is 3.23. The number of benzene rings is 2. The number of rotatable bonds is 5. The fourth-order valence-electron chi connectivity index (χ4n) is 5.51. The first kappa shape index (κ1) is 21.1. The second-order valence-corrected chi connectivity index (χ2v) is 8.95. The summed E-state index contributed by atoms with van der Waals surface area (Å²) < 4.78 is 5.62. The maximum Gasteiger partial charge on any atom is 0.407 e. The van der Waals surface area contributed by atoms with E-state index in [9.17, 15) is 14.4 Å². The zero-order valence-electron chi connectivity index (χ0n) is 18.0. The van der Waals surface area contributed by atoms with Crippen molar-refractivity contribution in [1.29, 1.82) is 0 Å². The number of nitrogens with one attached hydrogen (secondary N) is 2. The van der Waals surface area contributed by atoms with Crippen molar-refractivity contribution >= 4 is 18.0 Å². The summed E-state index contributed by atoms with van der Waals surface area (Å²) in [5.74, 6) is 3.27. The molecule has 7 heteroatoms. The van der Waals surface area contributed by atoms with Crippen LogP contribution < -0.4 is 10.6 Å². The number of ether oxygens (including phenoxy) is 1. The van der Waals surface area contributed by atoms with Crippen LogP contribution in [0.5, 0.6) is 0 Å². The van der Waals surface area contributed by atoms with Gasteiger partial charge in [-0.05, 0) is 47.4 Å². The Balaban J connectivity index is 1.15. The number of carboxylic acid groups (broad SMARTS) is 1. The van der Waals surface area contributed by atoms with Crippen molar-refractivity contribution in [2.75, 3.05) is 13.2 Å². The summed E-state index contributed by atoms with van der Waals surface area (Å²) >= 11 is 0. The quantitative estimate of drug-likeness (QED) is 0.615. The molecule has 33 heavy (non-hydrogen) atoms. The predicted molar refractivity (Wildman–Crippen MR) is 120 cm³/mol. The van der Waals surface area contributed by atoms with Crippen LogP contribution in [0.3, 0.4) is 0 Å². The van der Waals surface area contributed by atoms with Crippen LogP contribution in [0.4, 0.5) is 4.79 Å². The lowest BCUT2D eigenvalue weighted by Crippen LogP contribution is -2.38. The van der Waals surface area contributed by atoms with Crippen molar-refractivity contribution in [2.24, 2.45) is 11.3 Å². The maximum absolute atomic E-state index is 12.5. The smallest absolute Gasteiger partial charge is 0.407 e. The molecule has 0 spiro atoms. The van der Waals surface area contributed by atoms with Gasteiger partial charge in [-0.25, -0.2) is 9.59 Å². The van der Waals surface area contributed by atoms with E-state index in [1.807, 2.05) is 30.2 Å². The first-order chi connectivity index (χ1) is 16.0. The molecule has 7 nitrogen and oxygen atoms in total. The Hall–Kier alpha value is -3.79. The third-order valence-corrected chi connectivity index (χ3v) is 7.06. The van der Waals surface area contributed by atoms with Crippen molar-refractivity contribution in [3.8, 4) is 23.0 Å². The van der Waals surface area contributed by atoms with Crippen LogP contribution in [0, 0.1) is 23.2 Å². The van der Waals surface area contributed by atoms with Crippen LogP contribution in [0.25, 0.3) is 11.1 Å². The second kappa shape index (κ2) is 8.28. The first-order valence-electron chi connectivity index (χ1n) is 11.1. The van der Waals surface area contributed by atoms with Gasteiger partial charge in [0.15, 0.2) is 0 Å². The molecule has 3 N–H and O–H groups in total. The molecule has 3 aliphatic carbocycles. The van der Waals surface area contributed by atoms with Crippen molar-refractivity contribution < 1.29 is 24.2 Å². The molecule has 168 valence electrons. The highest BCUT2D eigenvalue weighted by atomic mass is 16.5. The third kappa shape index (κ3) is 3.93. The summed E-state index contributed by atoms with van der Waals surface area (Å²) in [5.41, 5.74) is 4.20. The van der Waals surface area contributed by atoms with Crippen molar-refractivity contribution in [2.45, 2.75) is 31.2 Å². The normalized spacial score (nSPS) is 23.9. The number of aliphatic carboxylic acids is 1. The van der Waals surface area contributed by atoms with Gasteiger partial charge in [0.05, 0.1) is 12.0 Å². The zero-order valence-corrected chi connectivity index (χ0v) is 18.0. The van der Waals surface area contributed by atoms with Gasteiger partial charge in [-0.1, -0.05) is 54.5 Å². The highest BCUT2D eigenvalue weighted by Crippen LogP contribution is 2.63. The van der Waals surface area contributed by atoms with Crippen LogP contribution in [0.1, 0.15) is 36.3 Å². The van der Waals surface area contributed by atoms with E-state index >= 15 is 0 Å². The molecule has 3 unspecified atom stereocenters. The van der Waals surface area contributed by atoms with Gasteiger partial charge < -0.3 is 20.5 Å². The van der Waals surface area contributed by atoms with Crippen LogP contribution >= 0.6 is 0 Å². The summed E-state index contributed by atoms with van der Waals surface area (Å²) in [7, 11) is 0. The van der Waals surface area contributed by atoms with E-state index in [2.05, 4.69) is 40.8 Å². The first-order valence-corrected chi connectivity index (χ1v) is 11.1. The molecule has 0 saturated heterocycles. The number of amides is 2. The number of hydrogen-bond donors (Lipinski definition) is 3. The number of carbonyl (C=O) groups excluding carboxylic acids is 2. The van der Waals surface area contributed by atoms with Gasteiger partial charge in [0, 0.05) is 17.9 Å². The average molecular weight is 444 g/mol. The summed E-state index contributed by atoms with van der Waals surface area (Å²) in [4.78, 5) is 35.5. The summed E-state index contributed by atoms with van der Waals surface area (Å²) in [6.07, 6.45) is 1.61. The molecule has 0 radical (unpaired) electrons. The van der Waals surface area contributed by atoms with Gasteiger partial charge in [-0.15, -0.1) is 0 Å². The number of hydrogen-bond acceptors (Lipinski definition) is 4. The van der Waals surface area contributed by atoms with E-state index in [1.165, 1.54) is 11.1 Å². The fourth-order valence-corrected chi connectivity index (χ4v) is 5.51. The monoisotopic (exact) mass is 444 g/mol. The Morgan fingerprint density at radius 2 is 1.70 bits per heavy atom. The largest absolute Gasteiger partial charge is 0.472 e. The molecular formula is C26H24N2O5. The van der Waals surface area contributed by atoms with Crippen LogP contribution in [-0.4, -0.2) is 42.3 Å². The van der Waals surface area contributed by atoms with E-state index in [-0.39, 0.29) is 36.9 Å². The molecule has 2 saturated carbocycles. The number of fused-ring (bicyclic) bond motifs is 4. The Morgan fingerprint density at radius 1 is 1.03 bits per heavy atom. The van der Waals surface area contributed by atoms with E-state index in [0.29, 0.717) is 6.42 Å². The minimum Gasteiger partial charge on any atom is -0.472 e. The summed E-state index contributed by atoms with van der Waals surface area (Å²) in [5, 5.41) is 14.2. The van der Waals surface area contributed by atoms with Crippen molar-refractivity contribution in [3.05, 3.63) is 59.7 Å². The van der Waals surface area contributed by atoms with Crippen molar-refractivity contribution in [1.82, 2.24) is 10.6 Å². The molecule has 0 aliphatic heterocycles. The Labute approximate surface area is 191 Å². The molecule has 2 aromatic carbocycles. The number of carboxylic acids is 1. The topological polar surface area (TPSA) is 105 Å². The van der Waals surface area contributed by atoms with Gasteiger partial charge in [0.25, 0.3) is 0 Å². The molecule has 0 aromatic heterocycles. The second-order valence-electron chi connectivity index (χ2n) is 8.95. The molecule has 2 amide bonds. The highest BCUT2D eigenvalue weighted by molar-refractivity contribution is 5.88. The minimum atomic E-state index is -1.22. The lowest BCUT2D eigenvalue weighted by atomic mass is 9.98. The Bertz CT molecular complexity index is 1150. The van der Waals surface area contributed by atoms with Gasteiger partial charge in [-0.3, -0.25) is 4.79 Å². The van der Waals surface area contributed by atoms with E-state index < -0.39 is 17.5 Å². The Morgan fingerprint density at radius 3 is 2.36 bits per heavy atom. The van der Waals surface area contributed by atoms with Crippen molar-refractivity contribution in [3.63, 3.8) is 0 Å². The number of alkyl carbamates (subject to hydrolysis) is 1. The fraction of sp³-hybridized carbons (Fsp3) is 0.346. The SMILES string of the molecule is O=C(O)C#CCNC(=O)C12CC(NC(=O)OCC3c4ccccc4-c4ccccc43)CC1C2. The standard InChI is InChI=1S/C26H24N2O5/c29-23(30)10-5-11-27-24(31)26-13-16(26)12-17(14-26)28-25(32)33-15-22-20-8-3-1-6-18(20)19-7-2-4-9-21(19)22/h1-4,6-9,16-17,22H,11-15H2,(H,27,31)(H,28,32)(H,29,30). The van der Waals surface area contributed by atoms with Gasteiger partial charge >= 0.3 is 12.1 Å². The highest BCUT2D eigenvalue weighted by Gasteiger charge is 2.65. The molecule has 3 atom stereocenters. The lowest BCUT2D eigenvalue weighted by molar-refractivity contribution is -0.130. The van der Waals surface area contributed by atoms with E-state index in [0.717, 1.165) is 24.0 Å². The zero-order chi connectivity index (χ0) is 23.0. The van der Waals surface area contributed by atoms with Crippen LogP contribution in [-0.2, 0) is 14.3 Å². The molecule has 0 bridgehead atoms. The molecule has 0 heterocycles. The molecule has 3 aliphatic rings. The van der Waals surface area contributed by atoms with Crippen LogP contribution in [0.15, 0.2) is 48.5 Å². The molecule has 2 aromatic rings. The summed E-state index contributed by atoms with van der Waals surface area (Å²) in [6.45, 7) is 0.258. The van der Waals surface area contributed by atoms with Gasteiger partial charge in [0.1, 0.15) is 6.61 Å². The molecular weight excluding hydrogens is 420 g/mol. The van der Waals surface area contributed by atoms with Crippen LogP contribution in [0.2, 0.25) is 0 Å². The van der Waals surface area contributed by atoms with Gasteiger partial charge in [-0.2, -0.15) is 0 Å². The summed E-state index contributed by atoms with van der Waals surface area (Å²) in [6, 6.07) is 16.3. The molecule has 5 rings (SSSR count). The third-order valence-electron chi connectivity index (χ3n) is 7.06. The van der Waals surface area contributed by atoms with Gasteiger partial charge in [0.2, 0.25) is 5.91 Å². The molecule has 2 fully saturated rings.